The maximum absolute atomic E-state index is 3.83. The van der Waals surface area contributed by atoms with Crippen molar-refractivity contribution in [2.45, 2.75) is 73.6 Å². The molecule has 0 heterocycles. The number of hydrogen-bond acceptors (Lipinski definition) is 0. The summed E-state index contributed by atoms with van der Waals surface area (Å²) in [7, 11) is 0. The summed E-state index contributed by atoms with van der Waals surface area (Å²) in [5.41, 5.74) is 1.30. The molecule has 0 radical (unpaired) electrons. The lowest BCUT2D eigenvalue weighted by atomic mass is 10.0. The van der Waals surface area contributed by atoms with Crippen molar-refractivity contribution in [1.29, 1.82) is 0 Å². The van der Waals surface area contributed by atoms with Crippen molar-refractivity contribution < 1.29 is 0 Å². The van der Waals surface area contributed by atoms with Gasteiger partial charge in [-0.1, -0.05) is 59.5 Å². The molecule has 0 amide bonds. The van der Waals surface area contributed by atoms with Crippen molar-refractivity contribution in [3.63, 3.8) is 0 Å². The van der Waals surface area contributed by atoms with Gasteiger partial charge in [0.05, 0.1) is 0 Å². The molecule has 0 aromatic heterocycles. The Morgan fingerprint density at radius 1 is 1.07 bits per heavy atom. The minimum atomic E-state index is 0.826. The van der Waals surface area contributed by atoms with Crippen LogP contribution in [0, 0.1) is 11.8 Å². The van der Waals surface area contributed by atoms with Crippen LogP contribution in [0.5, 0.6) is 0 Å². The highest BCUT2D eigenvalue weighted by molar-refractivity contribution is 4.87. The molecule has 15 heavy (non-hydrogen) atoms. The molecule has 0 heteroatoms. The second-order valence-electron chi connectivity index (χ2n) is 5.19. The van der Waals surface area contributed by atoms with E-state index < -0.39 is 0 Å². The second-order valence-corrected chi connectivity index (χ2v) is 5.19. The topological polar surface area (TPSA) is 0 Å². The van der Waals surface area contributed by atoms with Crippen molar-refractivity contribution >= 4 is 0 Å². The van der Waals surface area contributed by atoms with Gasteiger partial charge in [-0.3, -0.25) is 0 Å². The summed E-state index contributed by atoms with van der Waals surface area (Å²) < 4.78 is 0. The van der Waals surface area contributed by atoms with Crippen molar-refractivity contribution in [2.24, 2.45) is 11.8 Å². The first-order valence-electron chi connectivity index (χ1n) is 6.58. The van der Waals surface area contributed by atoms with E-state index in [0.717, 1.165) is 11.8 Å². The van der Waals surface area contributed by atoms with Crippen molar-refractivity contribution in [1.82, 2.24) is 0 Å². The molecule has 0 saturated heterocycles. The maximum Gasteiger partial charge on any atom is -0.0323 e. The molecule has 0 N–H and O–H groups in total. The fourth-order valence-corrected chi connectivity index (χ4v) is 1.23. The fraction of sp³-hybridized carbons (Fsp3) is 0.867. The molecule has 0 spiro atoms. The van der Waals surface area contributed by atoms with Crippen LogP contribution in [-0.2, 0) is 0 Å². The maximum atomic E-state index is 3.83. The third kappa shape index (κ3) is 20.0. The first-order chi connectivity index (χ1) is 6.93. The van der Waals surface area contributed by atoms with Crippen LogP contribution in [0.4, 0.5) is 0 Å². The van der Waals surface area contributed by atoms with Crippen LogP contribution in [0.1, 0.15) is 73.6 Å². The van der Waals surface area contributed by atoms with Gasteiger partial charge in [-0.2, -0.15) is 0 Å². The van der Waals surface area contributed by atoms with Crippen LogP contribution in [0.2, 0.25) is 0 Å². The van der Waals surface area contributed by atoms with Gasteiger partial charge in [-0.15, -0.1) is 6.58 Å². The van der Waals surface area contributed by atoms with Crippen LogP contribution in [0.15, 0.2) is 12.2 Å². The van der Waals surface area contributed by atoms with E-state index in [1.165, 1.54) is 37.7 Å². The highest BCUT2D eigenvalue weighted by Crippen LogP contribution is 2.08. The zero-order valence-electron chi connectivity index (χ0n) is 11.9. The summed E-state index contributed by atoms with van der Waals surface area (Å²) in [6, 6.07) is 0. The smallest absolute Gasteiger partial charge is 0.0323 e. The SMILES string of the molecule is C=C(C)CCC(C)C.CCCC(C)CC. The van der Waals surface area contributed by atoms with Crippen LogP contribution in [0.3, 0.4) is 0 Å². The first-order valence-corrected chi connectivity index (χ1v) is 6.58. The van der Waals surface area contributed by atoms with Gasteiger partial charge in [0, 0.05) is 0 Å². The third-order valence-electron chi connectivity index (χ3n) is 2.63. The van der Waals surface area contributed by atoms with Crippen LogP contribution in [-0.4, -0.2) is 0 Å². The van der Waals surface area contributed by atoms with E-state index in [4.69, 9.17) is 0 Å². The molecular weight excluding hydrogens is 180 g/mol. The lowest BCUT2D eigenvalue weighted by Gasteiger charge is -2.02. The van der Waals surface area contributed by atoms with Crippen molar-refractivity contribution in [3.8, 4) is 0 Å². The normalized spacial score (nSPS) is 11.9. The molecule has 0 aliphatic rings. The van der Waals surface area contributed by atoms with Gasteiger partial charge in [-0.25, -0.2) is 0 Å². The molecule has 0 bridgehead atoms. The van der Waals surface area contributed by atoms with Gasteiger partial charge in [0.2, 0.25) is 0 Å². The molecule has 92 valence electrons. The molecule has 0 aromatic carbocycles. The molecule has 0 nitrogen and oxygen atoms in total. The molecule has 0 aliphatic heterocycles. The Kier molecular flexibility index (Phi) is 13.5. The minimum absolute atomic E-state index is 0.826. The van der Waals surface area contributed by atoms with E-state index in [-0.39, 0.29) is 0 Å². The Morgan fingerprint density at radius 3 is 1.73 bits per heavy atom. The Morgan fingerprint density at radius 2 is 1.60 bits per heavy atom. The molecule has 0 aliphatic carbocycles. The average molecular weight is 212 g/mol. The Bertz CT molecular complexity index is 133. The van der Waals surface area contributed by atoms with Gasteiger partial charge in [0.15, 0.2) is 0 Å². The first kappa shape index (κ1) is 17.1. The summed E-state index contributed by atoms with van der Waals surface area (Å²) >= 11 is 0. The predicted octanol–water partition coefficient (Wildman–Crippen LogP) is 5.83. The van der Waals surface area contributed by atoms with Gasteiger partial charge in [-0.05, 0) is 31.6 Å². The molecular formula is C15H32. The summed E-state index contributed by atoms with van der Waals surface area (Å²) in [4.78, 5) is 0. The molecule has 0 aromatic rings. The van der Waals surface area contributed by atoms with E-state index in [9.17, 15) is 0 Å². The van der Waals surface area contributed by atoms with Gasteiger partial charge in [0.1, 0.15) is 0 Å². The van der Waals surface area contributed by atoms with Gasteiger partial charge < -0.3 is 0 Å². The minimum Gasteiger partial charge on any atom is -0.100 e. The summed E-state index contributed by atoms with van der Waals surface area (Å²) in [5, 5.41) is 0. The zero-order chi connectivity index (χ0) is 12.3. The van der Waals surface area contributed by atoms with Gasteiger partial charge >= 0.3 is 0 Å². The van der Waals surface area contributed by atoms with E-state index >= 15 is 0 Å². The highest BCUT2D eigenvalue weighted by Gasteiger charge is 1.92. The third-order valence-corrected chi connectivity index (χ3v) is 2.63. The Balaban J connectivity index is 0. The highest BCUT2D eigenvalue weighted by atomic mass is 14.0. The standard InChI is InChI=1S/C8H16.C7H16/c1-7(2)5-6-8(3)4;1-4-6-7(3)5-2/h8H,1,5-6H2,2-4H3;7H,4-6H2,1-3H3. The Hall–Kier alpha value is -0.260. The fourth-order valence-electron chi connectivity index (χ4n) is 1.23. The average Bonchev–Trinajstić information content (AvgIpc) is 2.16. The summed E-state index contributed by atoms with van der Waals surface area (Å²) in [6.07, 6.45) is 6.56. The van der Waals surface area contributed by atoms with E-state index in [1.807, 2.05) is 0 Å². The van der Waals surface area contributed by atoms with E-state index in [0.29, 0.717) is 0 Å². The molecule has 0 saturated carbocycles. The molecule has 1 unspecified atom stereocenters. The monoisotopic (exact) mass is 212 g/mol. The Labute approximate surface area is 98.2 Å². The zero-order valence-corrected chi connectivity index (χ0v) is 11.9. The largest absolute Gasteiger partial charge is 0.100 e. The number of rotatable bonds is 6. The van der Waals surface area contributed by atoms with Crippen molar-refractivity contribution in [2.75, 3.05) is 0 Å². The lowest BCUT2D eigenvalue weighted by molar-refractivity contribution is 0.509. The predicted molar refractivity (Wildman–Crippen MR) is 73.2 cm³/mol. The van der Waals surface area contributed by atoms with E-state index in [1.54, 1.807) is 0 Å². The summed E-state index contributed by atoms with van der Waals surface area (Å²) in [6.45, 7) is 17.2. The number of allylic oxidation sites excluding steroid dienone is 1. The van der Waals surface area contributed by atoms with Crippen LogP contribution in [0.25, 0.3) is 0 Å². The molecule has 0 rings (SSSR count). The molecule has 1 atom stereocenters. The van der Waals surface area contributed by atoms with E-state index in [2.05, 4.69) is 48.1 Å². The quantitative estimate of drug-likeness (QED) is 0.486. The number of hydrogen-bond donors (Lipinski definition) is 0. The van der Waals surface area contributed by atoms with Crippen LogP contribution < -0.4 is 0 Å². The molecule has 0 fully saturated rings. The lowest BCUT2D eigenvalue weighted by Crippen LogP contribution is -1.88. The summed E-state index contributed by atoms with van der Waals surface area (Å²) in [5.74, 6) is 1.77. The van der Waals surface area contributed by atoms with Crippen molar-refractivity contribution in [3.05, 3.63) is 12.2 Å². The van der Waals surface area contributed by atoms with Crippen LogP contribution >= 0.6 is 0 Å². The second kappa shape index (κ2) is 11.8. The van der Waals surface area contributed by atoms with Gasteiger partial charge in [0.25, 0.3) is 0 Å².